The molecule has 1 aliphatic rings. The molecular formula is C14H12N3O5S-. The van der Waals surface area contributed by atoms with Crippen LogP contribution < -0.4 is 10.4 Å². The highest BCUT2D eigenvalue weighted by molar-refractivity contribution is 8.15. The molecule has 23 heavy (non-hydrogen) atoms. The van der Waals surface area contributed by atoms with Crippen molar-refractivity contribution >= 4 is 41.0 Å². The van der Waals surface area contributed by atoms with Crippen molar-refractivity contribution in [1.82, 2.24) is 5.32 Å². The maximum absolute atomic E-state index is 11.5. The second-order valence-electron chi connectivity index (χ2n) is 4.44. The van der Waals surface area contributed by atoms with Crippen molar-refractivity contribution in [2.75, 3.05) is 7.11 Å². The molecule has 1 aromatic carbocycles. The molecule has 1 atom stereocenters. The number of hydrogen-bond donors (Lipinski definition) is 1. The molecule has 0 saturated carbocycles. The highest BCUT2D eigenvalue weighted by Gasteiger charge is 2.30. The minimum Gasteiger partial charge on any atom is -0.550 e. The molecule has 0 spiro atoms. The van der Waals surface area contributed by atoms with E-state index in [-0.39, 0.29) is 11.6 Å². The Bertz CT molecular complexity index is 684. The van der Waals surface area contributed by atoms with Gasteiger partial charge < -0.3 is 20.0 Å². The van der Waals surface area contributed by atoms with Crippen LogP contribution in [-0.4, -0.2) is 41.6 Å². The Balaban J connectivity index is 1.97. The number of nitrogens with zero attached hydrogens (tertiary/aromatic N) is 2. The van der Waals surface area contributed by atoms with E-state index >= 15 is 0 Å². The fraction of sp³-hybridized carbons (Fsp3) is 0.214. The van der Waals surface area contributed by atoms with Crippen molar-refractivity contribution in [1.29, 1.82) is 0 Å². The minimum atomic E-state index is -1.30. The number of amides is 1. The van der Waals surface area contributed by atoms with Crippen LogP contribution in [0.25, 0.3) is 0 Å². The summed E-state index contributed by atoms with van der Waals surface area (Å²) in [5.41, 5.74) is 1.11. The molecule has 1 fully saturated rings. The highest BCUT2D eigenvalue weighted by atomic mass is 32.2. The van der Waals surface area contributed by atoms with E-state index in [0.29, 0.717) is 11.1 Å². The minimum absolute atomic E-state index is 0.226. The maximum atomic E-state index is 11.5. The van der Waals surface area contributed by atoms with Gasteiger partial charge in [-0.15, -0.1) is 5.10 Å². The standard InChI is InChI=1S/C14H13N3O5S/c1-22-13(21)9-4-2-8(3-5-9)7-15-17-14-16-12(20)10(23-14)6-11(18)19/h2-5,7,10H,6H2,1H3,(H,18,19)(H,16,17,20)/p-1/b15-7-/t10-/m0/s1. The predicted octanol–water partition coefficient (Wildman–Crippen LogP) is -0.465. The number of benzene rings is 1. The molecule has 1 N–H and O–H groups in total. The van der Waals surface area contributed by atoms with Crippen LogP contribution in [0.15, 0.2) is 34.5 Å². The molecule has 120 valence electrons. The van der Waals surface area contributed by atoms with Crippen molar-refractivity contribution in [2.24, 2.45) is 10.2 Å². The van der Waals surface area contributed by atoms with Crippen LogP contribution >= 0.6 is 11.8 Å². The number of rotatable bonds is 5. The first-order chi connectivity index (χ1) is 11.0. The van der Waals surface area contributed by atoms with Gasteiger partial charge in [0.15, 0.2) is 5.17 Å². The average Bonchev–Trinajstić information content (AvgIpc) is 2.86. The first kappa shape index (κ1) is 16.7. The molecule has 1 amide bonds. The zero-order valence-electron chi connectivity index (χ0n) is 12.0. The van der Waals surface area contributed by atoms with Gasteiger partial charge in [0.05, 0.1) is 24.1 Å². The quantitative estimate of drug-likeness (QED) is 0.442. The van der Waals surface area contributed by atoms with Gasteiger partial charge >= 0.3 is 5.97 Å². The van der Waals surface area contributed by atoms with Crippen molar-refractivity contribution in [3.05, 3.63) is 35.4 Å². The monoisotopic (exact) mass is 334 g/mol. The van der Waals surface area contributed by atoms with E-state index in [2.05, 4.69) is 20.3 Å². The second-order valence-corrected chi connectivity index (χ2v) is 5.63. The number of nitrogens with one attached hydrogen (secondary N) is 1. The number of ether oxygens (including phenoxy) is 1. The van der Waals surface area contributed by atoms with Crippen molar-refractivity contribution in [2.45, 2.75) is 11.7 Å². The zero-order valence-corrected chi connectivity index (χ0v) is 12.8. The van der Waals surface area contributed by atoms with Gasteiger partial charge in [-0.25, -0.2) is 4.79 Å². The van der Waals surface area contributed by atoms with Gasteiger partial charge in [-0.2, -0.15) is 5.10 Å². The Labute approximate surface area is 135 Å². The van der Waals surface area contributed by atoms with Crippen LogP contribution in [0.4, 0.5) is 0 Å². The van der Waals surface area contributed by atoms with Gasteiger partial charge in [0, 0.05) is 12.4 Å². The Hall–Kier alpha value is -2.68. The number of carbonyl (C=O) groups excluding carboxylic acids is 3. The van der Waals surface area contributed by atoms with E-state index in [0.717, 1.165) is 11.8 Å². The van der Waals surface area contributed by atoms with E-state index in [1.54, 1.807) is 24.3 Å². The molecule has 0 bridgehead atoms. The number of carboxylic acid groups (broad SMARTS) is 1. The number of thioether (sulfide) groups is 1. The lowest BCUT2D eigenvalue weighted by Gasteiger charge is -2.04. The number of methoxy groups -OCH3 is 1. The smallest absolute Gasteiger partial charge is 0.337 e. The molecule has 1 heterocycles. The van der Waals surface area contributed by atoms with Crippen LogP contribution in [0, 0.1) is 0 Å². The lowest BCUT2D eigenvalue weighted by Crippen LogP contribution is -2.31. The summed E-state index contributed by atoms with van der Waals surface area (Å²) in [6.07, 6.45) is 1.06. The summed E-state index contributed by atoms with van der Waals surface area (Å²) in [4.78, 5) is 33.3. The molecule has 0 radical (unpaired) electrons. The number of aliphatic carboxylic acids is 1. The molecular weight excluding hydrogens is 322 g/mol. The maximum Gasteiger partial charge on any atom is 0.337 e. The van der Waals surface area contributed by atoms with E-state index in [4.69, 9.17) is 0 Å². The summed E-state index contributed by atoms with van der Waals surface area (Å²) < 4.78 is 4.59. The topological polar surface area (TPSA) is 120 Å². The number of esters is 1. The molecule has 0 aliphatic carbocycles. The van der Waals surface area contributed by atoms with E-state index in [1.807, 2.05) is 0 Å². The van der Waals surface area contributed by atoms with Gasteiger partial charge in [0.2, 0.25) is 5.91 Å². The van der Waals surface area contributed by atoms with E-state index in [1.165, 1.54) is 13.3 Å². The van der Waals surface area contributed by atoms with Crippen LogP contribution in [0.3, 0.4) is 0 Å². The van der Waals surface area contributed by atoms with E-state index in [9.17, 15) is 19.5 Å². The molecule has 1 saturated heterocycles. The summed E-state index contributed by atoms with van der Waals surface area (Å²) in [6.45, 7) is 0. The lowest BCUT2D eigenvalue weighted by molar-refractivity contribution is -0.305. The molecule has 2 rings (SSSR count). The normalized spacial score (nSPS) is 19.1. The lowest BCUT2D eigenvalue weighted by atomic mass is 10.1. The number of carboxylic acids is 1. The van der Waals surface area contributed by atoms with Crippen LogP contribution in [0.1, 0.15) is 22.3 Å². The summed E-state index contributed by atoms with van der Waals surface area (Å²) in [7, 11) is 1.30. The first-order valence-electron chi connectivity index (χ1n) is 6.46. The van der Waals surface area contributed by atoms with Gasteiger partial charge in [0.1, 0.15) is 0 Å². The van der Waals surface area contributed by atoms with Crippen LogP contribution in [0.5, 0.6) is 0 Å². The van der Waals surface area contributed by atoms with Crippen molar-refractivity contribution < 1.29 is 24.2 Å². The summed E-state index contributed by atoms with van der Waals surface area (Å²) in [5, 5.41) is 20.0. The summed E-state index contributed by atoms with van der Waals surface area (Å²) in [5.74, 6) is -2.17. The number of amidine groups is 1. The van der Waals surface area contributed by atoms with Crippen molar-refractivity contribution in [3.8, 4) is 0 Å². The first-order valence-corrected chi connectivity index (χ1v) is 7.34. The van der Waals surface area contributed by atoms with E-state index < -0.39 is 23.1 Å². The Kier molecular flexibility index (Phi) is 5.47. The largest absolute Gasteiger partial charge is 0.550 e. The predicted molar refractivity (Wildman–Crippen MR) is 82.0 cm³/mol. The third-order valence-corrected chi connectivity index (χ3v) is 3.89. The Morgan fingerprint density at radius 3 is 2.70 bits per heavy atom. The fourth-order valence-electron chi connectivity index (χ4n) is 1.71. The highest BCUT2D eigenvalue weighted by Crippen LogP contribution is 2.21. The third-order valence-electron chi connectivity index (χ3n) is 2.82. The molecule has 1 aromatic rings. The Morgan fingerprint density at radius 1 is 1.39 bits per heavy atom. The van der Waals surface area contributed by atoms with Crippen molar-refractivity contribution in [3.63, 3.8) is 0 Å². The Morgan fingerprint density at radius 2 is 2.09 bits per heavy atom. The molecule has 0 aromatic heterocycles. The van der Waals surface area contributed by atoms with Gasteiger partial charge in [-0.3, -0.25) is 4.79 Å². The SMILES string of the molecule is COC(=O)c1ccc(/C=N\N=C2\NC(=O)[C@H](CC(=O)[O-])S2)cc1. The molecule has 9 heteroatoms. The zero-order chi connectivity index (χ0) is 16.8. The third kappa shape index (κ3) is 4.65. The van der Waals surface area contributed by atoms with Gasteiger partial charge in [-0.05, 0) is 17.7 Å². The number of carbonyl (C=O) groups is 3. The molecule has 0 unspecified atom stereocenters. The molecule has 8 nitrogen and oxygen atoms in total. The summed E-state index contributed by atoms with van der Waals surface area (Å²) >= 11 is 0.985. The van der Waals surface area contributed by atoms with Crippen LogP contribution in [-0.2, 0) is 14.3 Å². The van der Waals surface area contributed by atoms with Gasteiger partial charge in [-0.1, -0.05) is 23.9 Å². The molecule has 1 aliphatic heterocycles. The summed E-state index contributed by atoms with van der Waals surface area (Å²) in [6, 6.07) is 6.50. The average molecular weight is 334 g/mol. The number of hydrogen-bond acceptors (Lipinski definition) is 8. The van der Waals surface area contributed by atoms with Crippen LogP contribution in [0.2, 0.25) is 0 Å². The van der Waals surface area contributed by atoms with Gasteiger partial charge in [0.25, 0.3) is 0 Å². The second kappa shape index (κ2) is 7.54. The fourth-order valence-corrected chi connectivity index (χ4v) is 2.62.